The average molecular weight is 311 g/mol. The van der Waals surface area contributed by atoms with Gasteiger partial charge in [0.15, 0.2) is 0 Å². The van der Waals surface area contributed by atoms with Crippen molar-refractivity contribution < 1.29 is 4.42 Å². The van der Waals surface area contributed by atoms with Gasteiger partial charge in [0.05, 0.1) is 6.54 Å². The molecule has 4 heteroatoms. The van der Waals surface area contributed by atoms with Crippen molar-refractivity contribution in [3.8, 4) is 0 Å². The first-order chi connectivity index (χ1) is 11.2. The van der Waals surface area contributed by atoms with E-state index in [0.717, 1.165) is 24.9 Å². The summed E-state index contributed by atoms with van der Waals surface area (Å²) in [5, 5.41) is 8.53. The fraction of sp³-hybridized carbons (Fsp3) is 0.579. The van der Waals surface area contributed by atoms with Crippen LogP contribution in [0, 0.1) is 0 Å². The van der Waals surface area contributed by atoms with Crippen LogP contribution in [0.25, 0.3) is 0 Å². The minimum absolute atomic E-state index is 0.512. The molecule has 1 aromatic heterocycles. The molecule has 1 aromatic carbocycles. The molecule has 0 unspecified atom stereocenters. The van der Waals surface area contributed by atoms with Crippen molar-refractivity contribution in [2.45, 2.75) is 64.3 Å². The Kier molecular flexibility index (Phi) is 3.83. The lowest BCUT2D eigenvalue weighted by atomic mass is 9.85. The summed E-state index contributed by atoms with van der Waals surface area (Å²) >= 11 is 0. The number of aryl methyl sites for hydroxylation is 1. The maximum atomic E-state index is 5.90. The van der Waals surface area contributed by atoms with Gasteiger partial charge in [0.2, 0.25) is 11.8 Å². The van der Waals surface area contributed by atoms with E-state index in [-0.39, 0.29) is 0 Å². The van der Waals surface area contributed by atoms with Crippen LogP contribution in [0.3, 0.4) is 0 Å². The number of hydrogen-bond acceptors (Lipinski definition) is 4. The fourth-order valence-electron chi connectivity index (χ4n) is 3.53. The molecule has 2 aliphatic rings. The summed E-state index contributed by atoms with van der Waals surface area (Å²) < 4.78 is 5.90. The van der Waals surface area contributed by atoms with Gasteiger partial charge in [0.25, 0.3) is 0 Å². The van der Waals surface area contributed by atoms with Crippen molar-refractivity contribution in [1.82, 2.24) is 10.2 Å². The van der Waals surface area contributed by atoms with Crippen molar-refractivity contribution in [3.63, 3.8) is 0 Å². The molecule has 2 aromatic rings. The normalized spacial score (nSPS) is 18.1. The van der Waals surface area contributed by atoms with Gasteiger partial charge in [0.1, 0.15) is 0 Å². The van der Waals surface area contributed by atoms with Crippen molar-refractivity contribution >= 4 is 5.69 Å². The van der Waals surface area contributed by atoms with Gasteiger partial charge in [0, 0.05) is 18.2 Å². The standard InChI is InChI=1S/C19H25N3O/c1-13(2)15-8-9-17-16(11-15)7-4-10-22(17)12-18-20-21-19(23-18)14-5-3-6-14/h8-9,11,13-14H,3-7,10,12H2,1-2H3. The van der Waals surface area contributed by atoms with E-state index in [9.17, 15) is 0 Å². The monoisotopic (exact) mass is 311 g/mol. The van der Waals surface area contributed by atoms with Crippen LogP contribution in [0.5, 0.6) is 0 Å². The highest BCUT2D eigenvalue weighted by Gasteiger charge is 2.26. The zero-order valence-electron chi connectivity index (χ0n) is 14.1. The Hall–Kier alpha value is -1.84. The Balaban J connectivity index is 1.53. The Morgan fingerprint density at radius 3 is 2.83 bits per heavy atom. The third kappa shape index (κ3) is 2.87. The molecule has 23 heavy (non-hydrogen) atoms. The molecule has 122 valence electrons. The van der Waals surface area contributed by atoms with E-state index < -0.39 is 0 Å². The highest BCUT2D eigenvalue weighted by atomic mass is 16.4. The smallest absolute Gasteiger partial charge is 0.235 e. The van der Waals surface area contributed by atoms with Gasteiger partial charge in [-0.2, -0.15) is 0 Å². The van der Waals surface area contributed by atoms with Crippen LogP contribution < -0.4 is 4.90 Å². The quantitative estimate of drug-likeness (QED) is 0.838. The molecule has 0 bridgehead atoms. The van der Waals surface area contributed by atoms with Gasteiger partial charge in [-0.15, -0.1) is 10.2 Å². The van der Waals surface area contributed by atoms with E-state index in [1.165, 1.54) is 48.9 Å². The summed E-state index contributed by atoms with van der Waals surface area (Å²) in [6.45, 7) is 6.30. The van der Waals surface area contributed by atoms with Crippen molar-refractivity contribution in [1.29, 1.82) is 0 Å². The molecule has 0 radical (unpaired) electrons. The zero-order valence-corrected chi connectivity index (χ0v) is 14.1. The van der Waals surface area contributed by atoms with E-state index in [1.54, 1.807) is 0 Å². The molecule has 2 heterocycles. The second-order valence-electron chi connectivity index (χ2n) is 7.23. The van der Waals surface area contributed by atoms with Crippen LogP contribution in [0.1, 0.15) is 74.3 Å². The molecule has 1 aliphatic heterocycles. The first kappa shape index (κ1) is 14.7. The molecular weight excluding hydrogens is 286 g/mol. The molecule has 4 nitrogen and oxygen atoms in total. The minimum atomic E-state index is 0.512. The number of nitrogens with zero attached hydrogens (tertiary/aromatic N) is 3. The van der Waals surface area contributed by atoms with Gasteiger partial charge >= 0.3 is 0 Å². The predicted octanol–water partition coefficient (Wildman–Crippen LogP) is 4.41. The predicted molar refractivity (Wildman–Crippen MR) is 90.8 cm³/mol. The van der Waals surface area contributed by atoms with Gasteiger partial charge in [-0.25, -0.2) is 0 Å². The summed E-state index contributed by atoms with van der Waals surface area (Å²) in [5.74, 6) is 2.70. The number of rotatable bonds is 4. The van der Waals surface area contributed by atoms with Crippen molar-refractivity contribution in [2.24, 2.45) is 0 Å². The van der Waals surface area contributed by atoms with E-state index in [0.29, 0.717) is 11.8 Å². The number of aromatic nitrogens is 2. The van der Waals surface area contributed by atoms with Gasteiger partial charge in [-0.3, -0.25) is 0 Å². The Bertz CT molecular complexity index is 688. The first-order valence-electron chi connectivity index (χ1n) is 8.91. The third-order valence-electron chi connectivity index (χ3n) is 5.25. The minimum Gasteiger partial charge on any atom is -0.423 e. The van der Waals surface area contributed by atoms with Crippen LogP contribution in [-0.4, -0.2) is 16.7 Å². The van der Waals surface area contributed by atoms with Crippen LogP contribution in [0.15, 0.2) is 22.6 Å². The van der Waals surface area contributed by atoms with E-state index >= 15 is 0 Å². The van der Waals surface area contributed by atoms with Crippen molar-refractivity contribution in [2.75, 3.05) is 11.4 Å². The maximum absolute atomic E-state index is 5.90. The molecule has 1 fully saturated rings. The van der Waals surface area contributed by atoms with Gasteiger partial charge in [-0.05, 0) is 48.8 Å². The van der Waals surface area contributed by atoms with Gasteiger partial charge < -0.3 is 9.32 Å². The maximum Gasteiger partial charge on any atom is 0.235 e. The fourth-order valence-corrected chi connectivity index (χ4v) is 3.53. The molecule has 1 aliphatic carbocycles. The molecule has 4 rings (SSSR count). The lowest BCUT2D eigenvalue weighted by Crippen LogP contribution is -2.29. The van der Waals surface area contributed by atoms with Gasteiger partial charge in [-0.1, -0.05) is 32.4 Å². The number of fused-ring (bicyclic) bond motifs is 1. The molecule has 0 atom stereocenters. The molecule has 1 saturated carbocycles. The lowest BCUT2D eigenvalue weighted by molar-refractivity contribution is 0.324. The number of hydrogen-bond donors (Lipinski definition) is 0. The second kappa shape index (κ2) is 5.99. The van der Waals surface area contributed by atoms with E-state index in [4.69, 9.17) is 4.42 Å². The Labute approximate surface area is 137 Å². The topological polar surface area (TPSA) is 42.2 Å². The second-order valence-corrected chi connectivity index (χ2v) is 7.23. The Morgan fingerprint density at radius 1 is 1.22 bits per heavy atom. The number of anilines is 1. The summed E-state index contributed by atoms with van der Waals surface area (Å²) in [4.78, 5) is 2.39. The largest absolute Gasteiger partial charge is 0.423 e. The molecular formula is C19H25N3O. The average Bonchev–Trinajstić information content (AvgIpc) is 2.93. The SMILES string of the molecule is CC(C)c1ccc2c(c1)CCCN2Cc1nnc(C2CCC2)o1. The van der Waals surface area contributed by atoms with Crippen molar-refractivity contribution in [3.05, 3.63) is 41.1 Å². The van der Waals surface area contributed by atoms with Crippen LogP contribution in [0.4, 0.5) is 5.69 Å². The van der Waals surface area contributed by atoms with E-state index in [1.807, 2.05) is 0 Å². The zero-order chi connectivity index (χ0) is 15.8. The third-order valence-corrected chi connectivity index (χ3v) is 5.25. The van der Waals surface area contributed by atoms with E-state index in [2.05, 4.69) is 47.1 Å². The highest BCUT2D eigenvalue weighted by molar-refractivity contribution is 5.57. The lowest BCUT2D eigenvalue weighted by Gasteiger charge is -2.30. The van der Waals surface area contributed by atoms with Crippen LogP contribution in [0.2, 0.25) is 0 Å². The summed E-state index contributed by atoms with van der Waals surface area (Å²) in [5.41, 5.74) is 4.22. The summed E-state index contributed by atoms with van der Waals surface area (Å²) in [7, 11) is 0. The first-order valence-corrected chi connectivity index (χ1v) is 8.91. The molecule has 0 N–H and O–H groups in total. The summed E-state index contributed by atoms with van der Waals surface area (Å²) in [6.07, 6.45) is 6.06. The Morgan fingerprint density at radius 2 is 2.09 bits per heavy atom. The van der Waals surface area contributed by atoms with Crippen LogP contribution in [-0.2, 0) is 13.0 Å². The molecule has 0 spiro atoms. The molecule has 0 saturated heterocycles. The molecule has 0 amide bonds. The summed E-state index contributed by atoms with van der Waals surface area (Å²) in [6, 6.07) is 6.90. The highest BCUT2D eigenvalue weighted by Crippen LogP contribution is 2.36. The van der Waals surface area contributed by atoms with Crippen LogP contribution >= 0.6 is 0 Å². The number of benzene rings is 1.